The number of alkyl halides is 3. The number of nitrogens with zero attached hydrogens (tertiary/aromatic N) is 1. The van der Waals surface area contributed by atoms with Gasteiger partial charge in [-0.2, -0.15) is 13.2 Å². The summed E-state index contributed by atoms with van der Waals surface area (Å²) >= 11 is 0. The van der Waals surface area contributed by atoms with E-state index in [0.717, 1.165) is 19.3 Å². The molecule has 0 radical (unpaired) electrons. The summed E-state index contributed by atoms with van der Waals surface area (Å²) in [5.74, 6) is 0. The molecule has 2 rings (SSSR count). The van der Waals surface area contributed by atoms with Gasteiger partial charge in [-0.1, -0.05) is 36.8 Å². The van der Waals surface area contributed by atoms with Crippen molar-refractivity contribution in [2.75, 3.05) is 0 Å². The molecule has 3 unspecified atom stereocenters. The zero-order chi connectivity index (χ0) is 15.5. The molecule has 1 aromatic rings. The Morgan fingerprint density at radius 3 is 2.24 bits per heavy atom. The van der Waals surface area contributed by atoms with E-state index in [2.05, 4.69) is 19.3 Å². The van der Waals surface area contributed by atoms with Crippen LogP contribution in [0.1, 0.15) is 51.1 Å². The van der Waals surface area contributed by atoms with E-state index >= 15 is 0 Å². The van der Waals surface area contributed by atoms with Gasteiger partial charge >= 0.3 is 6.18 Å². The average Bonchev–Trinajstić information content (AvgIpc) is 2.41. The second-order valence-corrected chi connectivity index (χ2v) is 5.95. The molecule has 21 heavy (non-hydrogen) atoms. The fourth-order valence-corrected chi connectivity index (χ4v) is 3.01. The normalized spacial score (nSPS) is 25.8. The maximum Gasteiger partial charge on any atom is 0.390 e. The Kier molecular flexibility index (Phi) is 5.27. The van der Waals surface area contributed by atoms with Gasteiger partial charge in [-0.05, 0) is 32.3 Å². The first-order valence-corrected chi connectivity index (χ1v) is 7.53. The first-order chi connectivity index (χ1) is 9.87. The zero-order valence-corrected chi connectivity index (χ0v) is 12.5. The number of piperidine rings is 1. The molecule has 0 bridgehead atoms. The fraction of sp³-hybridized carbons (Fsp3) is 0.625. The van der Waals surface area contributed by atoms with E-state index in [0.29, 0.717) is 5.56 Å². The van der Waals surface area contributed by atoms with Gasteiger partial charge in [-0.3, -0.25) is 0 Å². The van der Waals surface area contributed by atoms with Gasteiger partial charge in [-0.25, -0.2) is 10.4 Å². The van der Waals surface area contributed by atoms with Crippen molar-refractivity contribution in [1.82, 2.24) is 10.4 Å². The summed E-state index contributed by atoms with van der Waals surface area (Å²) in [6.45, 7) is 4.14. The van der Waals surface area contributed by atoms with Crippen molar-refractivity contribution in [3.63, 3.8) is 0 Å². The third-order valence-corrected chi connectivity index (χ3v) is 4.14. The molecule has 1 saturated heterocycles. The minimum atomic E-state index is -4.18. The largest absolute Gasteiger partial charge is 0.390 e. The molecular weight excluding hydrogens is 277 g/mol. The van der Waals surface area contributed by atoms with Crippen molar-refractivity contribution < 1.29 is 13.2 Å². The highest BCUT2D eigenvalue weighted by molar-refractivity contribution is 5.19. The lowest BCUT2D eigenvalue weighted by Crippen LogP contribution is -2.53. The minimum absolute atomic E-state index is 0.258. The summed E-state index contributed by atoms with van der Waals surface area (Å²) in [7, 11) is 0. The molecule has 118 valence electrons. The third-order valence-electron chi connectivity index (χ3n) is 4.14. The van der Waals surface area contributed by atoms with E-state index in [1.165, 1.54) is 0 Å². The Labute approximate surface area is 124 Å². The number of hydrogen-bond donors (Lipinski definition) is 1. The van der Waals surface area contributed by atoms with Crippen LogP contribution < -0.4 is 5.43 Å². The van der Waals surface area contributed by atoms with Crippen LogP contribution in [0, 0.1) is 0 Å². The Morgan fingerprint density at radius 2 is 1.71 bits per heavy atom. The summed E-state index contributed by atoms with van der Waals surface area (Å²) in [5, 5.41) is 2.01. The van der Waals surface area contributed by atoms with Gasteiger partial charge in [-0.15, -0.1) is 0 Å². The van der Waals surface area contributed by atoms with Crippen LogP contribution in [-0.2, 0) is 0 Å². The van der Waals surface area contributed by atoms with Crippen LogP contribution >= 0.6 is 0 Å². The molecular formula is C16H23F3N2. The molecule has 0 aliphatic carbocycles. The molecule has 1 N–H and O–H groups in total. The summed E-state index contributed by atoms with van der Waals surface area (Å²) in [6.07, 6.45) is -1.87. The van der Waals surface area contributed by atoms with Crippen LogP contribution in [0.15, 0.2) is 30.3 Å². The van der Waals surface area contributed by atoms with Crippen LogP contribution in [0.25, 0.3) is 0 Å². The van der Waals surface area contributed by atoms with Crippen molar-refractivity contribution in [2.24, 2.45) is 0 Å². The Morgan fingerprint density at radius 1 is 1.14 bits per heavy atom. The summed E-state index contributed by atoms with van der Waals surface area (Å²) < 4.78 is 38.6. The highest BCUT2D eigenvalue weighted by Crippen LogP contribution is 2.31. The van der Waals surface area contributed by atoms with Crippen molar-refractivity contribution in [3.8, 4) is 0 Å². The molecule has 0 amide bonds. The van der Waals surface area contributed by atoms with Gasteiger partial charge in [0.1, 0.15) is 0 Å². The lowest BCUT2D eigenvalue weighted by Gasteiger charge is -2.41. The van der Waals surface area contributed by atoms with Crippen LogP contribution in [0.5, 0.6) is 0 Å². The molecule has 2 nitrogen and oxygen atoms in total. The molecule has 0 aromatic heterocycles. The number of hydrazine groups is 1. The minimum Gasteiger partial charge on any atom is -0.247 e. The first kappa shape index (κ1) is 16.3. The molecule has 1 aliphatic rings. The monoisotopic (exact) mass is 300 g/mol. The topological polar surface area (TPSA) is 15.3 Å². The standard InChI is InChI=1S/C16H23F3N2/c1-12-7-6-8-13(2)21(12)20-15(11-16(17,18)19)14-9-4-3-5-10-14/h3-5,9-10,12-13,15,20H,6-8,11H2,1-2H3. The number of benzene rings is 1. The van der Waals surface area contributed by atoms with Gasteiger partial charge in [0.15, 0.2) is 0 Å². The van der Waals surface area contributed by atoms with Gasteiger partial charge in [0.05, 0.1) is 12.5 Å². The van der Waals surface area contributed by atoms with E-state index < -0.39 is 18.6 Å². The van der Waals surface area contributed by atoms with Crippen molar-refractivity contribution in [1.29, 1.82) is 0 Å². The zero-order valence-electron chi connectivity index (χ0n) is 12.5. The highest BCUT2D eigenvalue weighted by atomic mass is 19.4. The third kappa shape index (κ3) is 4.71. The van der Waals surface area contributed by atoms with E-state index in [-0.39, 0.29) is 12.1 Å². The molecule has 1 fully saturated rings. The van der Waals surface area contributed by atoms with E-state index in [1.54, 1.807) is 24.3 Å². The van der Waals surface area contributed by atoms with Crippen LogP contribution in [0.3, 0.4) is 0 Å². The maximum absolute atomic E-state index is 12.9. The first-order valence-electron chi connectivity index (χ1n) is 7.53. The molecule has 1 heterocycles. The predicted molar refractivity (Wildman–Crippen MR) is 77.6 cm³/mol. The molecule has 5 heteroatoms. The highest BCUT2D eigenvalue weighted by Gasteiger charge is 2.35. The predicted octanol–water partition coefficient (Wildman–Crippen LogP) is 4.45. The molecule has 1 aliphatic heterocycles. The Hall–Kier alpha value is -1.07. The molecule has 0 spiro atoms. The summed E-state index contributed by atoms with van der Waals surface area (Å²) in [6, 6.07) is 8.68. The lowest BCUT2D eigenvalue weighted by atomic mass is 9.99. The average molecular weight is 300 g/mol. The quantitative estimate of drug-likeness (QED) is 0.884. The van der Waals surface area contributed by atoms with Gasteiger partial charge in [0.2, 0.25) is 0 Å². The smallest absolute Gasteiger partial charge is 0.247 e. The van der Waals surface area contributed by atoms with Gasteiger partial charge in [0, 0.05) is 12.1 Å². The van der Waals surface area contributed by atoms with Gasteiger partial charge in [0.25, 0.3) is 0 Å². The number of rotatable bonds is 4. The van der Waals surface area contributed by atoms with Gasteiger partial charge < -0.3 is 0 Å². The number of halogens is 3. The van der Waals surface area contributed by atoms with Crippen molar-refractivity contribution in [2.45, 2.75) is 63.8 Å². The molecule has 1 aromatic carbocycles. The van der Waals surface area contributed by atoms with Crippen LogP contribution in [0.2, 0.25) is 0 Å². The molecule has 0 saturated carbocycles. The summed E-state index contributed by atoms with van der Waals surface area (Å²) in [4.78, 5) is 0. The summed E-state index contributed by atoms with van der Waals surface area (Å²) in [5.41, 5.74) is 3.82. The number of hydrogen-bond acceptors (Lipinski definition) is 2. The second-order valence-electron chi connectivity index (χ2n) is 5.95. The SMILES string of the molecule is CC1CCCC(C)N1NC(CC(F)(F)F)c1ccccc1. The maximum atomic E-state index is 12.9. The number of nitrogens with one attached hydrogen (secondary N) is 1. The fourth-order valence-electron chi connectivity index (χ4n) is 3.01. The van der Waals surface area contributed by atoms with E-state index in [4.69, 9.17) is 0 Å². The van der Waals surface area contributed by atoms with Crippen molar-refractivity contribution in [3.05, 3.63) is 35.9 Å². The van der Waals surface area contributed by atoms with Crippen LogP contribution in [0.4, 0.5) is 13.2 Å². The molecule has 3 atom stereocenters. The Bertz CT molecular complexity index is 423. The van der Waals surface area contributed by atoms with E-state index in [1.807, 2.05) is 11.1 Å². The Balaban J connectivity index is 2.15. The van der Waals surface area contributed by atoms with Crippen molar-refractivity contribution >= 4 is 0 Å². The lowest BCUT2D eigenvalue weighted by molar-refractivity contribution is -0.146. The second kappa shape index (κ2) is 6.79. The van der Waals surface area contributed by atoms with Crippen LogP contribution in [-0.4, -0.2) is 23.3 Å². The van der Waals surface area contributed by atoms with E-state index in [9.17, 15) is 13.2 Å².